The van der Waals surface area contributed by atoms with Crippen molar-refractivity contribution in [3.63, 3.8) is 0 Å². The third kappa shape index (κ3) is 3.50. The number of benzene rings is 1. The zero-order valence-electron chi connectivity index (χ0n) is 12.2. The molecule has 0 saturated carbocycles. The van der Waals surface area contributed by atoms with Crippen LogP contribution < -0.4 is 0 Å². The van der Waals surface area contributed by atoms with Crippen LogP contribution in [-0.4, -0.2) is 16.9 Å². The highest BCUT2D eigenvalue weighted by Crippen LogP contribution is 2.31. The van der Waals surface area contributed by atoms with E-state index < -0.39 is 5.97 Å². The quantitative estimate of drug-likeness (QED) is 0.656. The van der Waals surface area contributed by atoms with Crippen LogP contribution in [0.3, 0.4) is 0 Å². The van der Waals surface area contributed by atoms with Gasteiger partial charge in [0, 0.05) is 29.2 Å². The smallest absolute Gasteiger partial charge is 0.339 e. The molecule has 23 heavy (non-hydrogen) atoms. The van der Waals surface area contributed by atoms with E-state index in [2.05, 4.69) is 0 Å². The molecular formula is C17H12ClNO4. The number of hydrogen-bond acceptors (Lipinski definition) is 4. The molecule has 1 N–H and O–H groups in total. The summed E-state index contributed by atoms with van der Waals surface area (Å²) in [6.45, 7) is 1.65. The van der Waals surface area contributed by atoms with Crippen molar-refractivity contribution in [3.05, 3.63) is 64.1 Å². The van der Waals surface area contributed by atoms with Crippen LogP contribution in [-0.2, 0) is 0 Å². The lowest BCUT2D eigenvalue weighted by Crippen LogP contribution is -1.99. The van der Waals surface area contributed by atoms with E-state index in [-0.39, 0.29) is 34.9 Å². The van der Waals surface area contributed by atoms with Gasteiger partial charge in [-0.1, -0.05) is 30.7 Å². The van der Waals surface area contributed by atoms with Crippen molar-refractivity contribution in [2.45, 2.75) is 13.3 Å². The van der Waals surface area contributed by atoms with Crippen LogP contribution in [0.1, 0.15) is 45.6 Å². The molecule has 6 heteroatoms. The fourth-order valence-electron chi connectivity index (χ4n) is 2.06. The van der Waals surface area contributed by atoms with Gasteiger partial charge in [0.25, 0.3) is 0 Å². The SMILES string of the molecule is CCC(=O)c1cc(C(=O)O)c(C(=CC#N)c2cccc(Cl)c2)o1. The fourth-order valence-corrected chi connectivity index (χ4v) is 2.25. The largest absolute Gasteiger partial charge is 0.478 e. The number of carboxylic acids is 1. The minimum absolute atomic E-state index is 0.0434. The van der Waals surface area contributed by atoms with Crippen LogP contribution in [0.4, 0.5) is 0 Å². The number of nitrogens with zero attached hydrogens (tertiary/aromatic N) is 1. The maximum absolute atomic E-state index is 11.8. The third-order valence-corrected chi connectivity index (χ3v) is 3.38. The van der Waals surface area contributed by atoms with Crippen LogP contribution >= 0.6 is 11.6 Å². The van der Waals surface area contributed by atoms with Gasteiger partial charge in [0.15, 0.2) is 17.3 Å². The van der Waals surface area contributed by atoms with Crippen LogP contribution in [0, 0.1) is 11.3 Å². The summed E-state index contributed by atoms with van der Waals surface area (Å²) in [5.41, 5.74) is 0.595. The lowest BCUT2D eigenvalue weighted by molar-refractivity contribution is 0.0695. The van der Waals surface area contributed by atoms with Gasteiger partial charge >= 0.3 is 5.97 Å². The van der Waals surface area contributed by atoms with Gasteiger partial charge in [-0.3, -0.25) is 4.79 Å². The number of carbonyl (C=O) groups excluding carboxylic acids is 1. The molecule has 116 valence electrons. The minimum Gasteiger partial charge on any atom is -0.478 e. The van der Waals surface area contributed by atoms with E-state index in [1.165, 1.54) is 6.07 Å². The Hall–Kier alpha value is -2.84. The van der Waals surface area contributed by atoms with Gasteiger partial charge in [0.2, 0.25) is 0 Å². The van der Waals surface area contributed by atoms with Crippen LogP contribution in [0.2, 0.25) is 5.02 Å². The Morgan fingerprint density at radius 2 is 2.13 bits per heavy atom. The monoisotopic (exact) mass is 329 g/mol. The van der Waals surface area contributed by atoms with Crippen molar-refractivity contribution >= 4 is 28.9 Å². The zero-order valence-corrected chi connectivity index (χ0v) is 12.9. The zero-order chi connectivity index (χ0) is 17.0. The molecule has 0 aliphatic heterocycles. The Morgan fingerprint density at radius 3 is 2.70 bits per heavy atom. The molecule has 0 aliphatic carbocycles. The number of halogens is 1. The topological polar surface area (TPSA) is 91.3 Å². The Balaban J connectivity index is 2.67. The summed E-state index contributed by atoms with van der Waals surface area (Å²) < 4.78 is 5.44. The summed E-state index contributed by atoms with van der Waals surface area (Å²) in [7, 11) is 0. The average Bonchev–Trinajstić information content (AvgIpc) is 2.97. The number of ketones is 1. The highest BCUT2D eigenvalue weighted by Gasteiger charge is 2.23. The second kappa shape index (κ2) is 6.95. The maximum atomic E-state index is 11.8. The van der Waals surface area contributed by atoms with Crippen LogP contribution in [0.25, 0.3) is 5.57 Å². The first kappa shape index (κ1) is 16.5. The van der Waals surface area contributed by atoms with Gasteiger partial charge in [-0.05, 0) is 17.7 Å². The van der Waals surface area contributed by atoms with Crippen molar-refractivity contribution in [1.29, 1.82) is 5.26 Å². The third-order valence-electron chi connectivity index (χ3n) is 3.15. The first-order valence-corrected chi connectivity index (χ1v) is 7.12. The molecule has 5 nitrogen and oxygen atoms in total. The van der Waals surface area contributed by atoms with Gasteiger partial charge in [-0.15, -0.1) is 0 Å². The molecule has 0 fully saturated rings. The number of Topliss-reactive ketones (excluding diaryl/α,β-unsaturated/α-hetero) is 1. The number of carbonyl (C=O) groups is 2. The molecule has 1 aromatic carbocycles. The van der Waals surface area contributed by atoms with E-state index in [1.54, 1.807) is 31.2 Å². The predicted octanol–water partition coefficient (Wildman–Crippen LogP) is 4.18. The summed E-state index contributed by atoms with van der Waals surface area (Å²) in [4.78, 5) is 23.2. The highest BCUT2D eigenvalue weighted by atomic mass is 35.5. The molecule has 0 bridgehead atoms. The molecule has 0 aliphatic rings. The molecule has 0 atom stereocenters. The molecule has 2 rings (SSSR count). The number of hydrogen-bond donors (Lipinski definition) is 1. The normalized spacial score (nSPS) is 11.1. The summed E-state index contributed by atoms with van der Waals surface area (Å²) in [5, 5.41) is 18.8. The Bertz CT molecular complexity index is 843. The molecule has 1 aromatic heterocycles. The summed E-state index contributed by atoms with van der Waals surface area (Å²) >= 11 is 5.95. The Labute approximate surface area is 137 Å². The van der Waals surface area contributed by atoms with Gasteiger partial charge in [-0.2, -0.15) is 5.26 Å². The molecule has 1 heterocycles. The number of nitriles is 1. The predicted molar refractivity (Wildman–Crippen MR) is 84.4 cm³/mol. The Morgan fingerprint density at radius 1 is 1.39 bits per heavy atom. The molecule has 0 amide bonds. The highest BCUT2D eigenvalue weighted by molar-refractivity contribution is 6.30. The second-order valence-corrected chi connectivity index (χ2v) is 5.07. The lowest BCUT2D eigenvalue weighted by Gasteiger charge is -2.05. The first-order valence-electron chi connectivity index (χ1n) is 6.74. The number of carboxylic acid groups (broad SMARTS) is 1. The summed E-state index contributed by atoms with van der Waals surface area (Å²) in [6, 6.07) is 9.62. The summed E-state index contributed by atoms with van der Waals surface area (Å²) in [6.07, 6.45) is 1.34. The van der Waals surface area contributed by atoms with Crippen molar-refractivity contribution in [1.82, 2.24) is 0 Å². The molecular weight excluding hydrogens is 318 g/mol. The number of rotatable bonds is 5. The van der Waals surface area contributed by atoms with Gasteiger partial charge in [0.1, 0.15) is 5.56 Å². The van der Waals surface area contributed by atoms with E-state index in [9.17, 15) is 14.7 Å². The van der Waals surface area contributed by atoms with Crippen molar-refractivity contribution < 1.29 is 19.1 Å². The fraction of sp³-hybridized carbons (Fsp3) is 0.118. The Kier molecular flexibility index (Phi) is 4.99. The second-order valence-electron chi connectivity index (χ2n) is 4.63. The van der Waals surface area contributed by atoms with Gasteiger partial charge in [0.05, 0.1) is 6.07 Å². The standard InChI is InChI=1S/C17H12ClNO4/c1-2-14(20)15-9-13(17(21)22)16(23-15)12(6-7-19)10-4-3-5-11(18)8-10/h3-6,8-9H,2H2,1H3,(H,21,22). The molecule has 0 radical (unpaired) electrons. The molecule has 0 unspecified atom stereocenters. The van der Waals surface area contributed by atoms with Crippen molar-refractivity contribution in [2.75, 3.05) is 0 Å². The lowest BCUT2D eigenvalue weighted by atomic mass is 10.0. The molecule has 0 spiro atoms. The molecule has 0 saturated heterocycles. The maximum Gasteiger partial charge on any atom is 0.339 e. The molecule has 2 aromatic rings. The van der Waals surface area contributed by atoms with E-state index in [0.717, 1.165) is 6.08 Å². The van der Waals surface area contributed by atoms with E-state index >= 15 is 0 Å². The summed E-state index contributed by atoms with van der Waals surface area (Å²) in [5.74, 6) is -1.66. The number of allylic oxidation sites excluding steroid dienone is 1. The average molecular weight is 330 g/mol. The van der Waals surface area contributed by atoms with Gasteiger partial charge in [-0.25, -0.2) is 4.79 Å². The van der Waals surface area contributed by atoms with Crippen LogP contribution in [0.5, 0.6) is 0 Å². The van der Waals surface area contributed by atoms with E-state index in [0.29, 0.717) is 10.6 Å². The van der Waals surface area contributed by atoms with Crippen molar-refractivity contribution in [2.24, 2.45) is 0 Å². The number of aromatic carboxylic acids is 1. The van der Waals surface area contributed by atoms with Gasteiger partial charge < -0.3 is 9.52 Å². The van der Waals surface area contributed by atoms with Crippen molar-refractivity contribution in [3.8, 4) is 6.07 Å². The van der Waals surface area contributed by atoms with E-state index in [1.807, 2.05) is 6.07 Å². The number of furan rings is 1. The minimum atomic E-state index is -1.25. The van der Waals surface area contributed by atoms with Crippen LogP contribution in [0.15, 0.2) is 40.8 Å². The first-order chi connectivity index (χ1) is 11.0. The van der Waals surface area contributed by atoms with E-state index in [4.69, 9.17) is 21.3 Å².